The summed E-state index contributed by atoms with van der Waals surface area (Å²) in [6.45, 7) is 6.10. The van der Waals surface area contributed by atoms with Gasteiger partial charge < -0.3 is 5.32 Å². The Kier molecular flexibility index (Phi) is 6.83. The molecule has 1 aromatic heterocycles. The first kappa shape index (κ1) is 23.4. The average Bonchev–Trinajstić information content (AvgIpc) is 3.26. The van der Waals surface area contributed by atoms with Gasteiger partial charge in [0.1, 0.15) is 6.04 Å². The Balaban J connectivity index is 1.44. The molecular weight excluding hydrogens is 456 g/mol. The second kappa shape index (κ2) is 9.62. The van der Waals surface area contributed by atoms with E-state index in [1.54, 1.807) is 36.4 Å². The van der Waals surface area contributed by atoms with Crippen molar-refractivity contribution < 1.29 is 13.2 Å². The molecule has 2 aromatic carbocycles. The van der Waals surface area contributed by atoms with Crippen LogP contribution in [0.15, 0.2) is 69.5 Å². The van der Waals surface area contributed by atoms with E-state index in [2.05, 4.69) is 15.3 Å². The van der Waals surface area contributed by atoms with Crippen molar-refractivity contribution in [2.75, 3.05) is 11.9 Å². The molecular formula is C24H26N4O3S2. The third kappa shape index (κ3) is 5.43. The number of carbonyl (C=O) groups excluding carboxylic acids is 1. The van der Waals surface area contributed by atoms with E-state index >= 15 is 0 Å². The Labute approximate surface area is 198 Å². The predicted molar refractivity (Wildman–Crippen MR) is 129 cm³/mol. The standard InChI is InChI=1S/C24H26N4O3S2/c1-16-6-12-21(13-7-16)33(30,31)28-14-4-5-22(28)23(29)27-19-8-10-20(11-9-19)32-24-25-17(2)15-18(3)26-24/h6-13,15,22H,4-5,14H2,1-3H3,(H,27,29)/t22-/m0/s1. The summed E-state index contributed by atoms with van der Waals surface area (Å²) in [5, 5.41) is 3.54. The average molecular weight is 483 g/mol. The number of aryl methyl sites for hydroxylation is 3. The molecule has 0 bridgehead atoms. The highest BCUT2D eigenvalue weighted by atomic mass is 32.2. The number of aromatic nitrogens is 2. The van der Waals surface area contributed by atoms with Crippen LogP contribution in [-0.2, 0) is 14.8 Å². The van der Waals surface area contributed by atoms with Crippen molar-refractivity contribution in [1.29, 1.82) is 0 Å². The van der Waals surface area contributed by atoms with Crippen LogP contribution < -0.4 is 5.32 Å². The van der Waals surface area contributed by atoms with E-state index in [4.69, 9.17) is 0 Å². The fourth-order valence-electron chi connectivity index (χ4n) is 3.81. The lowest BCUT2D eigenvalue weighted by Crippen LogP contribution is -2.43. The predicted octanol–water partition coefficient (Wildman–Crippen LogP) is 4.34. The molecule has 7 nitrogen and oxygen atoms in total. The summed E-state index contributed by atoms with van der Waals surface area (Å²) in [5.41, 5.74) is 3.42. The van der Waals surface area contributed by atoms with E-state index in [1.807, 2.05) is 39.0 Å². The molecule has 1 aliphatic rings. The van der Waals surface area contributed by atoms with Gasteiger partial charge in [-0.15, -0.1) is 0 Å². The van der Waals surface area contributed by atoms with Crippen LogP contribution in [0.25, 0.3) is 0 Å². The van der Waals surface area contributed by atoms with E-state index in [0.29, 0.717) is 30.2 Å². The number of benzene rings is 2. The smallest absolute Gasteiger partial charge is 0.243 e. The molecule has 0 aliphatic carbocycles. The molecule has 1 atom stereocenters. The highest BCUT2D eigenvalue weighted by molar-refractivity contribution is 7.99. The number of anilines is 1. The molecule has 0 unspecified atom stereocenters. The van der Waals surface area contributed by atoms with Gasteiger partial charge in [0.15, 0.2) is 5.16 Å². The number of nitrogens with zero attached hydrogens (tertiary/aromatic N) is 3. The third-order valence-corrected chi connectivity index (χ3v) is 8.22. The van der Waals surface area contributed by atoms with Crippen molar-refractivity contribution in [1.82, 2.24) is 14.3 Å². The minimum Gasteiger partial charge on any atom is -0.325 e. The molecule has 0 saturated carbocycles. The maximum absolute atomic E-state index is 13.1. The first-order valence-corrected chi connectivity index (χ1v) is 13.0. The summed E-state index contributed by atoms with van der Waals surface area (Å²) >= 11 is 1.45. The van der Waals surface area contributed by atoms with Crippen LogP contribution in [0.4, 0.5) is 5.69 Å². The van der Waals surface area contributed by atoms with Crippen LogP contribution in [0.2, 0.25) is 0 Å². The lowest BCUT2D eigenvalue weighted by atomic mass is 10.2. The molecule has 1 fully saturated rings. The van der Waals surface area contributed by atoms with Crippen LogP contribution in [-0.4, -0.2) is 41.2 Å². The molecule has 9 heteroatoms. The summed E-state index contributed by atoms with van der Waals surface area (Å²) in [6, 6.07) is 15.3. The highest BCUT2D eigenvalue weighted by Gasteiger charge is 2.39. The number of hydrogen-bond donors (Lipinski definition) is 1. The molecule has 1 N–H and O–H groups in total. The van der Waals surface area contributed by atoms with Gasteiger partial charge in [-0.1, -0.05) is 17.7 Å². The number of amides is 1. The summed E-state index contributed by atoms with van der Waals surface area (Å²) in [7, 11) is -3.74. The molecule has 4 rings (SSSR count). The molecule has 0 spiro atoms. The number of rotatable bonds is 6. The summed E-state index contributed by atoms with van der Waals surface area (Å²) < 4.78 is 27.5. The van der Waals surface area contributed by atoms with Crippen molar-refractivity contribution in [3.8, 4) is 0 Å². The molecule has 1 saturated heterocycles. The summed E-state index contributed by atoms with van der Waals surface area (Å²) in [6.07, 6.45) is 1.14. The van der Waals surface area contributed by atoms with Gasteiger partial charge in [-0.3, -0.25) is 4.79 Å². The fraction of sp³-hybridized carbons (Fsp3) is 0.292. The van der Waals surface area contributed by atoms with Gasteiger partial charge in [0, 0.05) is 28.5 Å². The van der Waals surface area contributed by atoms with Gasteiger partial charge in [-0.2, -0.15) is 4.31 Å². The van der Waals surface area contributed by atoms with Crippen LogP contribution in [0, 0.1) is 20.8 Å². The Bertz CT molecular complexity index is 1240. The van der Waals surface area contributed by atoms with E-state index in [9.17, 15) is 13.2 Å². The first-order valence-electron chi connectivity index (χ1n) is 10.7. The molecule has 2 heterocycles. The Hall–Kier alpha value is -2.75. The third-order valence-electron chi connectivity index (χ3n) is 5.43. The monoisotopic (exact) mass is 482 g/mol. The summed E-state index contributed by atoms with van der Waals surface area (Å²) in [4.78, 5) is 23.0. The maximum atomic E-state index is 13.1. The number of hydrogen-bond acceptors (Lipinski definition) is 6. The lowest BCUT2D eigenvalue weighted by Gasteiger charge is -2.23. The topological polar surface area (TPSA) is 92.3 Å². The SMILES string of the molecule is Cc1ccc(S(=O)(=O)N2CCC[C@H]2C(=O)Nc2ccc(Sc3nc(C)cc(C)n3)cc2)cc1. The largest absolute Gasteiger partial charge is 0.325 e. The number of nitrogens with one attached hydrogen (secondary N) is 1. The minimum atomic E-state index is -3.74. The van der Waals surface area contributed by atoms with Crippen molar-refractivity contribution in [3.63, 3.8) is 0 Å². The summed E-state index contributed by atoms with van der Waals surface area (Å²) in [5.74, 6) is -0.318. The molecule has 33 heavy (non-hydrogen) atoms. The van der Waals surface area contributed by atoms with E-state index in [-0.39, 0.29) is 10.8 Å². The second-order valence-electron chi connectivity index (χ2n) is 8.14. The zero-order valence-corrected chi connectivity index (χ0v) is 20.4. The normalized spacial score (nSPS) is 16.6. The molecule has 1 amide bonds. The molecule has 172 valence electrons. The zero-order chi connectivity index (χ0) is 23.6. The second-order valence-corrected chi connectivity index (χ2v) is 11.1. The van der Waals surface area contributed by atoms with Gasteiger partial charge >= 0.3 is 0 Å². The van der Waals surface area contributed by atoms with Gasteiger partial charge in [0.25, 0.3) is 0 Å². The van der Waals surface area contributed by atoms with Crippen molar-refractivity contribution in [2.45, 2.75) is 54.6 Å². The van der Waals surface area contributed by atoms with Crippen molar-refractivity contribution in [2.24, 2.45) is 0 Å². The Morgan fingerprint density at radius 3 is 2.27 bits per heavy atom. The van der Waals surface area contributed by atoms with Gasteiger partial charge in [-0.05, 0) is 87.8 Å². The van der Waals surface area contributed by atoms with Crippen LogP contribution in [0.3, 0.4) is 0 Å². The Morgan fingerprint density at radius 2 is 1.64 bits per heavy atom. The van der Waals surface area contributed by atoms with E-state index in [1.165, 1.54) is 16.1 Å². The van der Waals surface area contributed by atoms with Crippen molar-refractivity contribution >= 4 is 33.4 Å². The quantitative estimate of drug-likeness (QED) is 0.525. The van der Waals surface area contributed by atoms with Crippen LogP contribution in [0.5, 0.6) is 0 Å². The zero-order valence-electron chi connectivity index (χ0n) is 18.8. The highest BCUT2D eigenvalue weighted by Crippen LogP contribution is 2.29. The van der Waals surface area contributed by atoms with E-state index in [0.717, 1.165) is 21.8 Å². The fourth-order valence-corrected chi connectivity index (χ4v) is 6.33. The maximum Gasteiger partial charge on any atom is 0.243 e. The van der Waals surface area contributed by atoms with Gasteiger partial charge in [0.05, 0.1) is 4.90 Å². The van der Waals surface area contributed by atoms with Gasteiger partial charge in [0.2, 0.25) is 15.9 Å². The van der Waals surface area contributed by atoms with E-state index < -0.39 is 16.1 Å². The number of sulfonamides is 1. The minimum absolute atomic E-state index is 0.211. The molecule has 0 radical (unpaired) electrons. The molecule has 1 aliphatic heterocycles. The Morgan fingerprint density at radius 1 is 1.00 bits per heavy atom. The van der Waals surface area contributed by atoms with Crippen LogP contribution in [0.1, 0.15) is 29.8 Å². The van der Waals surface area contributed by atoms with Gasteiger partial charge in [-0.25, -0.2) is 18.4 Å². The number of carbonyl (C=O) groups is 1. The molecule has 3 aromatic rings. The lowest BCUT2D eigenvalue weighted by molar-refractivity contribution is -0.119. The van der Waals surface area contributed by atoms with Crippen molar-refractivity contribution in [3.05, 3.63) is 71.5 Å². The van der Waals surface area contributed by atoms with Crippen LogP contribution >= 0.6 is 11.8 Å². The first-order chi connectivity index (χ1) is 15.7.